The quantitative estimate of drug-likeness (QED) is 0.413. The smallest absolute Gasteiger partial charge is 0.266 e. The minimum absolute atomic E-state index is 0.0585. The van der Waals surface area contributed by atoms with Crippen molar-refractivity contribution < 1.29 is 9.53 Å². The van der Waals surface area contributed by atoms with Crippen LogP contribution in [0, 0.1) is 6.92 Å². The number of likely N-dealkylation sites (N-methyl/N-ethyl adjacent to an activating group) is 1. The summed E-state index contributed by atoms with van der Waals surface area (Å²) in [6.07, 6.45) is 3.83. The molecule has 7 heteroatoms. The average Bonchev–Trinajstić information content (AvgIpc) is 3.29. The Hall–Kier alpha value is -2.90. The van der Waals surface area contributed by atoms with Gasteiger partial charge in [-0.15, -0.1) is 0 Å². The lowest BCUT2D eigenvalue weighted by Gasteiger charge is -2.09. The molecule has 1 aliphatic heterocycles. The van der Waals surface area contributed by atoms with Gasteiger partial charge in [0.15, 0.2) is 0 Å². The Morgan fingerprint density at radius 1 is 1.20 bits per heavy atom. The maximum absolute atomic E-state index is 12.7. The van der Waals surface area contributed by atoms with Crippen LogP contribution < -0.4 is 4.74 Å². The summed E-state index contributed by atoms with van der Waals surface area (Å²) in [6, 6.07) is 15.9. The molecule has 2 aromatic carbocycles. The number of ether oxygens (including phenoxy) is 1. The second-order valence-corrected chi connectivity index (χ2v) is 8.50. The Balaban J connectivity index is 1.84. The van der Waals surface area contributed by atoms with Crippen molar-refractivity contribution in [2.75, 3.05) is 13.7 Å². The van der Waals surface area contributed by atoms with Crippen LogP contribution in [0.5, 0.6) is 5.75 Å². The Morgan fingerprint density at radius 2 is 1.97 bits per heavy atom. The van der Waals surface area contributed by atoms with Crippen LogP contribution in [0.4, 0.5) is 0 Å². The van der Waals surface area contributed by atoms with Crippen LogP contribution in [0.15, 0.2) is 59.6 Å². The third-order valence-electron chi connectivity index (χ3n) is 4.91. The van der Waals surface area contributed by atoms with E-state index in [9.17, 15) is 4.79 Å². The standard InChI is InChI=1S/C23H21N3O2S2/c1-4-25-22(27)20(30-23(25)29)13-17-14-26(18-8-6-5-7-9-18)24-21(17)16-10-11-19(28-3)15(2)12-16/h5-14H,4H2,1-3H3. The molecular formula is C23H21N3O2S2. The monoisotopic (exact) mass is 435 g/mol. The maximum Gasteiger partial charge on any atom is 0.266 e. The second kappa shape index (κ2) is 8.45. The summed E-state index contributed by atoms with van der Waals surface area (Å²) in [5.41, 5.74) is 4.59. The minimum Gasteiger partial charge on any atom is -0.496 e. The lowest BCUT2D eigenvalue weighted by atomic mass is 10.0. The van der Waals surface area contributed by atoms with E-state index in [1.807, 2.05) is 79.3 Å². The highest BCUT2D eigenvalue weighted by Crippen LogP contribution is 2.35. The zero-order chi connectivity index (χ0) is 21.3. The fourth-order valence-electron chi connectivity index (χ4n) is 3.37. The molecule has 0 atom stereocenters. The van der Waals surface area contributed by atoms with E-state index in [2.05, 4.69) is 0 Å². The molecule has 0 saturated carbocycles. The van der Waals surface area contributed by atoms with Gasteiger partial charge in [0.2, 0.25) is 0 Å². The van der Waals surface area contributed by atoms with Crippen molar-refractivity contribution in [1.29, 1.82) is 0 Å². The number of methoxy groups -OCH3 is 1. The van der Waals surface area contributed by atoms with Crippen molar-refractivity contribution in [3.63, 3.8) is 0 Å². The summed E-state index contributed by atoms with van der Waals surface area (Å²) in [4.78, 5) is 14.9. The first-order valence-electron chi connectivity index (χ1n) is 9.57. The highest BCUT2D eigenvalue weighted by atomic mass is 32.2. The van der Waals surface area contributed by atoms with E-state index >= 15 is 0 Å². The molecule has 0 N–H and O–H groups in total. The number of aromatic nitrogens is 2. The SMILES string of the molecule is CCN1C(=O)C(=Cc2cn(-c3ccccc3)nc2-c2ccc(OC)c(C)c2)SC1=S. The van der Waals surface area contributed by atoms with Crippen LogP contribution in [0.1, 0.15) is 18.1 Å². The fraction of sp³-hybridized carbons (Fsp3) is 0.174. The lowest BCUT2D eigenvalue weighted by molar-refractivity contribution is -0.121. The molecule has 1 amide bonds. The first-order chi connectivity index (χ1) is 14.5. The van der Waals surface area contributed by atoms with E-state index < -0.39 is 0 Å². The Kier molecular flexibility index (Phi) is 5.74. The molecular weight excluding hydrogens is 414 g/mol. The molecule has 1 saturated heterocycles. The van der Waals surface area contributed by atoms with Crippen LogP contribution in [0.2, 0.25) is 0 Å². The summed E-state index contributed by atoms with van der Waals surface area (Å²) in [5, 5.41) is 4.84. The molecule has 30 heavy (non-hydrogen) atoms. The summed E-state index contributed by atoms with van der Waals surface area (Å²) in [6.45, 7) is 4.49. The van der Waals surface area contributed by atoms with Crippen molar-refractivity contribution in [2.45, 2.75) is 13.8 Å². The van der Waals surface area contributed by atoms with E-state index in [-0.39, 0.29) is 5.91 Å². The van der Waals surface area contributed by atoms with Crippen LogP contribution in [0.25, 0.3) is 23.0 Å². The van der Waals surface area contributed by atoms with Crippen molar-refractivity contribution in [3.05, 3.63) is 70.8 Å². The first kappa shape index (κ1) is 20.4. The minimum atomic E-state index is -0.0585. The Labute approximate surface area is 185 Å². The van der Waals surface area contributed by atoms with Gasteiger partial charge in [0.05, 0.1) is 17.7 Å². The molecule has 1 aromatic heterocycles. The van der Waals surface area contributed by atoms with Crippen molar-refractivity contribution in [1.82, 2.24) is 14.7 Å². The van der Waals surface area contributed by atoms with Crippen LogP contribution in [-0.4, -0.2) is 38.6 Å². The number of aryl methyl sites for hydroxylation is 1. The number of rotatable bonds is 5. The van der Waals surface area contributed by atoms with Gasteiger partial charge in [0.25, 0.3) is 5.91 Å². The molecule has 1 fully saturated rings. The van der Waals surface area contributed by atoms with Crippen molar-refractivity contribution in [3.8, 4) is 22.7 Å². The average molecular weight is 436 g/mol. The lowest BCUT2D eigenvalue weighted by Crippen LogP contribution is -2.27. The summed E-state index contributed by atoms with van der Waals surface area (Å²) < 4.78 is 7.82. The zero-order valence-electron chi connectivity index (χ0n) is 17.0. The molecule has 3 aromatic rings. The van der Waals surface area contributed by atoms with E-state index in [1.165, 1.54) is 11.8 Å². The van der Waals surface area contributed by atoms with Crippen molar-refractivity contribution >= 4 is 40.3 Å². The van der Waals surface area contributed by atoms with Crippen LogP contribution >= 0.6 is 24.0 Å². The number of amides is 1. The first-order valence-corrected chi connectivity index (χ1v) is 10.8. The molecule has 0 aliphatic carbocycles. The van der Waals surface area contributed by atoms with Gasteiger partial charge >= 0.3 is 0 Å². The Bertz CT molecular complexity index is 1150. The van der Waals surface area contributed by atoms with E-state index in [1.54, 1.807) is 12.0 Å². The number of benzene rings is 2. The Morgan fingerprint density at radius 3 is 2.60 bits per heavy atom. The molecule has 2 heterocycles. The largest absolute Gasteiger partial charge is 0.496 e. The predicted molar refractivity (Wildman–Crippen MR) is 126 cm³/mol. The molecule has 0 spiro atoms. The maximum atomic E-state index is 12.7. The molecule has 1 aliphatic rings. The highest BCUT2D eigenvalue weighted by molar-refractivity contribution is 8.26. The molecule has 5 nitrogen and oxygen atoms in total. The highest BCUT2D eigenvalue weighted by Gasteiger charge is 2.31. The molecule has 0 radical (unpaired) electrons. The number of para-hydroxylation sites is 1. The van der Waals surface area contributed by atoms with Gasteiger partial charge in [0.1, 0.15) is 15.8 Å². The number of nitrogens with zero attached hydrogens (tertiary/aromatic N) is 3. The van der Waals surface area contributed by atoms with Gasteiger partial charge < -0.3 is 4.74 Å². The number of thioether (sulfide) groups is 1. The number of carbonyl (C=O) groups is 1. The number of hydrogen-bond donors (Lipinski definition) is 0. The normalized spacial score (nSPS) is 15.3. The molecule has 4 rings (SSSR count). The van der Waals surface area contributed by atoms with Gasteiger partial charge in [-0.1, -0.05) is 42.2 Å². The summed E-state index contributed by atoms with van der Waals surface area (Å²) in [7, 11) is 1.66. The number of thiocarbonyl (C=S) groups is 1. The molecule has 152 valence electrons. The van der Waals surface area contributed by atoms with Crippen molar-refractivity contribution in [2.24, 2.45) is 0 Å². The van der Waals surface area contributed by atoms with Gasteiger partial charge in [-0.05, 0) is 55.8 Å². The topological polar surface area (TPSA) is 47.4 Å². The second-order valence-electron chi connectivity index (χ2n) is 6.82. The summed E-state index contributed by atoms with van der Waals surface area (Å²) in [5.74, 6) is 0.767. The van der Waals surface area contributed by atoms with Crippen LogP contribution in [-0.2, 0) is 4.79 Å². The van der Waals surface area contributed by atoms with Gasteiger partial charge in [-0.25, -0.2) is 4.68 Å². The van der Waals surface area contributed by atoms with E-state index in [0.29, 0.717) is 15.8 Å². The summed E-state index contributed by atoms with van der Waals surface area (Å²) >= 11 is 6.69. The fourth-order valence-corrected chi connectivity index (χ4v) is 4.74. The number of hydrogen-bond acceptors (Lipinski definition) is 5. The van der Waals surface area contributed by atoms with Gasteiger partial charge in [-0.3, -0.25) is 9.69 Å². The van der Waals surface area contributed by atoms with E-state index in [4.69, 9.17) is 22.1 Å². The molecule has 0 bridgehead atoms. The van der Waals surface area contributed by atoms with Gasteiger partial charge in [0, 0.05) is 23.9 Å². The third kappa shape index (κ3) is 3.78. The van der Waals surface area contributed by atoms with E-state index in [0.717, 1.165) is 33.8 Å². The molecule has 0 unspecified atom stereocenters. The number of carbonyl (C=O) groups excluding carboxylic acids is 1. The zero-order valence-corrected chi connectivity index (χ0v) is 18.6. The van der Waals surface area contributed by atoms with Crippen LogP contribution in [0.3, 0.4) is 0 Å². The van der Waals surface area contributed by atoms with Gasteiger partial charge in [-0.2, -0.15) is 5.10 Å². The predicted octanol–water partition coefficient (Wildman–Crippen LogP) is 5.08. The third-order valence-corrected chi connectivity index (χ3v) is 6.29.